The molecule has 0 saturated carbocycles. The van der Waals surface area contributed by atoms with Crippen molar-refractivity contribution in [2.45, 2.75) is 32.7 Å². The first-order chi connectivity index (χ1) is 11.0. The SMILES string of the molecule is Cc1cc(C)c(C(=O)CSc2ncnc3sc(C)cc23)c(C)c1. The van der Waals surface area contributed by atoms with E-state index in [4.69, 9.17) is 0 Å². The van der Waals surface area contributed by atoms with Gasteiger partial charge in [0.25, 0.3) is 0 Å². The van der Waals surface area contributed by atoms with E-state index < -0.39 is 0 Å². The number of hydrogen-bond acceptors (Lipinski definition) is 5. The summed E-state index contributed by atoms with van der Waals surface area (Å²) in [5.74, 6) is 0.551. The van der Waals surface area contributed by atoms with Gasteiger partial charge in [0.1, 0.15) is 16.2 Å². The third-order valence-electron chi connectivity index (χ3n) is 3.71. The zero-order valence-corrected chi connectivity index (χ0v) is 15.3. The minimum absolute atomic E-state index is 0.156. The number of nitrogens with zero attached hydrogens (tertiary/aromatic N) is 2. The van der Waals surface area contributed by atoms with Crippen LogP contribution in [0.2, 0.25) is 0 Å². The van der Waals surface area contributed by atoms with Crippen LogP contribution in [-0.2, 0) is 0 Å². The van der Waals surface area contributed by atoms with E-state index in [2.05, 4.69) is 42.0 Å². The molecule has 0 atom stereocenters. The molecule has 1 aromatic carbocycles. The number of thioether (sulfide) groups is 1. The molecular weight excluding hydrogens is 324 g/mol. The molecule has 0 bridgehead atoms. The van der Waals surface area contributed by atoms with Gasteiger partial charge in [0.05, 0.1) is 5.75 Å². The van der Waals surface area contributed by atoms with E-state index in [1.54, 1.807) is 17.7 Å². The van der Waals surface area contributed by atoms with E-state index in [0.717, 1.165) is 31.9 Å². The van der Waals surface area contributed by atoms with Gasteiger partial charge >= 0.3 is 0 Å². The van der Waals surface area contributed by atoms with Crippen molar-refractivity contribution in [3.8, 4) is 0 Å². The van der Waals surface area contributed by atoms with Gasteiger partial charge in [-0.1, -0.05) is 29.5 Å². The van der Waals surface area contributed by atoms with Crippen LogP contribution in [0.4, 0.5) is 0 Å². The lowest BCUT2D eigenvalue weighted by Gasteiger charge is -2.10. The van der Waals surface area contributed by atoms with E-state index in [9.17, 15) is 4.79 Å². The van der Waals surface area contributed by atoms with Crippen molar-refractivity contribution in [3.63, 3.8) is 0 Å². The van der Waals surface area contributed by atoms with Crippen LogP contribution in [-0.4, -0.2) is 21.5 Å². The Morgan fingerprint density at radius 1 is 1.09 bits per heavy atom. The summed E-state index contributed by atoms with van der Waals surface area (Å²) in [4.78, 5) is 23.5. The smallest absolute Gasteiger partial charge is 0.173 e. The van der Waals surface area contributed by atoms with Gasteiger partial charge in [-0.2, -0.15) is 0 Å². The standard InChI is InChI=1S/C18H18N2OS2/c1-10-5-11(2)16(12(3)6-10)15(21)8-22-17-14-7-13(4)23-18(14)20-9-19-17/h5-7,9H,8H2,1-4H3. The average Bonchev–Trinajstić information content (AvgIpc) is 2.84. The maximum Gasteiger partial charge on any atom is 0.173 e. The molecule has 0 fully saturated rings. The zero-order chi connectivity index (χ0) is 16.6. The summed E-state index contributed by atoms with van der Waals surface area (Å²) in [6.45, 7) is 8.12. The fourth-order valence-electron chi connectivity index (χ4n) is 2.90. The number of thiophene rings is 1. The lowest BCUT2D eigenvalue weighted by atomic mass is 9.97. The molecule has 0 radical (unpaired) electrons. The number of carbonyl (C=O) groups excluding carboxylic acids is 1. The molecular formula is C18H18N2OS2. The van der Waals surface area contributed by atoms with Crippen LogP contribution < -0.4 is 0 Å². The van der Waals surface area contributed by atoms with Gasteiger partial charge in [-0.15, -0.1) is 11.3 Å². The Labute approximate surface area is 144 Å². The van der Waals surface area contributed by atoms with Crippen molar-refractivity contribution in [2.75, 3.05) is 5.75 Å². The maximum atomic E-state index is 12.7. The topological polar surface area (TPSA) is 42.9 Å². The number of aromatic nitrogens is 2. The monoisotopic (exact) mass is 342 g/mol. The second-order valence-electron chi connectivity index (χ2n) is 5.74. The maximum absolute atomic E-state index is 12.7. The van der Waals surface area contributed by atoms with Crippen molar-refractivity contribution >= 4 is 39.1 Å². The normalized spacial score (nSPS) is 11.1. The first-order valence-electron chi connectivity index (χ1n) is 7.40. The Balaban J connectivity index is 1.84. The molecule has 23 heavy (non-hydrogen) atoms. The third kappa shape index (κ3) is 3.31. The van der Waals surface area contributed by atoms with E-state index in [0.29, 0.717) is 5.75 Å². The van der Waals surface area contributed by atoms with Crippen LogP contribution in [0.15, 0.2) is 29.6 Å². The lowest BCUT2D eigenvalue weighted by Crippen LogP contribution is -2.08. The zero-order valence-electron chi connectivity index (χ0n) is 13.6. The van der Waals surface area contributed by atoms with E-state index in [-0.39, 0.29) is 5.78 Å². The fourth-order valence-corrected chi connectivity index (χ4v) is 4.65. The highest BCUT2D eigenvalue weighted by Gasteiger charge is 2.15. The Bertz CT molecular complexity index is 876. The molecule has 3 aromatic rings. The molecule has 0 spiro atoms. The Kier molecular flexibility index (Phi) is 4.50. The molecule has 5 heteroatoms. The van der Waals surface area contributed by atoms with Crippen LogP contribution in [0.1, 0.15) is 31.9 Å². The van der Waals surface area contributed by atoms with E-state index in [1.165, 1.54) is 22.2 Å². The molecule has 0 aliphatic rings. The summed E-state index contributed by atoms with van der Waals surface area (Å²) < 4.78 is 0. The number of hydrogen-bond donors (Lipinski definition) is 0. The highest BCUT2D eigenvalue weighted by Crippen LogP contribution is 2.31. The number of rotatable bonds is 4. The number of carbonyl (C=O) groups is 1. The molecule has 2 aromatic heterocycles. The second kappa shape index (κ2) is 6.42. The van der Waals surface area contributed by atoms with Crippen molar-refractivity contribution in [1.29, 1.82) is 0 Å². The molecule has 118 valence electrons. The molecule has 0 unspecified atom stereocenters. The predicted octanol–water partition coefficient (Wildman–Crippen LogP) is 4.90. The molecule has 0 saturated heterocycles. The van der Waals surface area contributed by atoms with Crippen molar-refractivity contribution in [3.05, 3.63) is 51.7 Å². The molecule has 0 aliphatic carbocycles. The van der Waals surface area contributed by atoms with Gasteiger partial charge in [0, 0.05) is 15.8 Å². The highest BCUT2D eigenvalue weighted by molar-refractivity contribution is 8.00. The largest absolute Gasteiger partial charge is 0.293 e. The summed E-state index contributed by atoms with van der Waals surface area (Å²) in [6.07, 6.45) is 1.58. The predicted molar refractivity (Wildman–Crippen MR) is 97.9 cm³/mol. The number of aryl methyl sites for hydroxylation is 4. The summed E-state index contributed by atoms with van der Waals surface area (Å²) in [6, 6.07) is 6.22. The van der Waals surface area contributed by atoms with Crippen LogP contribution in [0.3, 0.4) is 0 Å². The van der Waals surface area contributed by atoms with Crippen molar-refractivity contribution < 1.29 is 4.79 Å². The summed E-state index contributed by atoms with van der Waals surface area (Å²) in [5, 5.41) is 1.93. The first-order valence-corrected chi connectivity index (χ1v) is 9.21. The highest BCUT2D eigenvalue weighted by atomic mass is 32.2. The number of benzene rings is 1. The molecule has 3 nitrogen and oxygen atoms in total. The van der Waals surface area contributed by atoms with Gasteiger partial charge in [-0.25, -0.2) is 9.97 Å². The number of fused-ring (bicyclic) bond motifs is 1. The van der Waals surface area contributed by atoms with Crippen LogP contribution in [0.25, 0.3) is 10.2 Å². The third-order valence-corrected chi connectivity index (χ3v) is 5.68. The van der Waals surface area contributed by atoms with E-state index in [1.807, 2.05) is 13.8 Å². The van der Waals surface area contributed by atoms with Crippen LogP contribution >= 0.6 is 23.1 Å². The van der Waals surface area contributed by atoms with Gasteiger partial charge in [-0.3, -0.25) is 4.79 Å². The van der Waals surface area contributed by atoms with Gasteiger partial charge in [-0.05, 0) is 44.9 Å². The Morgan fingerprint density at radius 2 is 1.78 bits per heavy atom. The first kappa shape index (κ1) is 16.1. The summed E-state index contributed by atoms with van der Waals surface area (Å²) in [7, 11) is 0. The Morgan fingerprint density at radius 3 is 2.48 bits per heavy atom. The van der Waals surface area contributed by atoms with Crippen molar-refractivity contribution in [1.82, 2.24) is 9.97 Å². The van der Waals surface area contributed by atoms with Crippen LogP contribution in [0.5, 0.6) is 0 Å². The fraction of sp³-hybridized carbons (Fsp3) is 0.278. The summed E-state index contributed by atoms with van der Waals surface area (Å²) in [5.41, 5.74) is 4.13. The molecule has 0 aliphatic heterocycles. The second-order valence-corrected chi connectivity index (χ2v) is 7.94. The minimum Gasteiger partial charge on any atom is -0.293 e. The van der Waals surface area contributed by atoms with Crippen molar-refractivity contribution in [2.24, 2.45) is 0 Å². The van der Waals surface area contributed by atoms with Gasteiger partial charge in [0.15, 0.2) is 5.78 Å². The molecule has 0 N–H and O–H groups in total. The average molecular weight is 342 g/mol. The summed E-state index contributed by atoms with van der Waals surface area (Å²) >= 11 is 3.15. The van der Waals surface area contributed by atoms with Gasteiger partial charge in [0.2, 0.25) is 0 Å². The molecule has 3 rings (SSSR count). The molecule has 0 amide bonds. The van der Waals surface area contributed by atoms with Gasteiger partial charge < -0.3 is 0 Å². The minimum atomic E-state index is 0.156. The Hall–Kier alpha value is -1.72. The quantitative estimate of drug-likeness (QED) is 0.384. The van der Waals surface area contributed by atoms with Crippen LogP contribution in [0, 0.1) is 27.7 Å². The van der Waals surface area contributed by atoms with E-state index >= 15 is 0 Å². The number of Topliss-reactive ketones (excluding diaryl/α,β-unsaturated/α-hetero) is 1. The lowest BCUT2D eigenvalue weighted by molar-refractivity contribution is 0.102. The number of ketones is 1. The molecule has 2 heterocycles.